The van der Waals surface area contributed by atoms with E-state index in [1.165, 1.54) is 5.56 Å². The van der Waals surface area contributed by atoms with Gasteiger partial charge in [0.1, 0.15) is 0 Å². The summed E-state index contributed by atoms with van der Waals surface area (Å²) in [6.07, 6.45) is 2.17. The molecule has 0 saturated carbocycles. The first-order chi connectivity index (χ1) is 12.5. The molecule has 26 heavy (non-hydrogen) atoms. The van der Waals surface area contributed by atoms with Gasteiger partial charge in [-0.3, -0.25) is 9.69 Å². The standard InChI is InChI=1S/C21H25ClN2O2/c1-15-3-6-17(13-20(15)22)21(25)23-18-7-4-16(5-8-18)14-24(2)19-9-11-26-12-10-19/h3-8,13,19H,9-12,14H2,1-2H3,(H,23,25). The fourth-order valence-electron chi connectivity index (χ4n) is 3.17. The summed E-state index contributed by atoms with van der Waals surface area (Å²) in [5.41, 5.74) is 3.53. The lowest BCUT2D eigenvalue weighted by molar-refractivity contribution is 0.0407. The van der Waals surface area contributed by atoms with Crippen LogP contribution in [0.5, 0.6) is 0 Å². The second-order valence-corrected chi connectivity index (χ2v) is 7.28. The molecule has 4 nitrogen and oxygen atoms in total. The van der Waals surface area contributed by atoms with Crippen LogP contribution in [-0.4, -0.2) is 37.1 Å². The number of halogens is 1. The maximum absolute atomic E-state index is 12.4. The van der Waals surface area contributed by atoms with Crippen LogP contribution in [0.15, 0.2) is 42.5 Å². The quantitative estimate of drug-likeness (QED) is 0.839. The van der Waals surface area contributed by atoms with Crippen molar-refractivity contribution in [2.24, 2.45) is 0 Å². The van der Waals surface area contributed by atoms with Crippen molar-refractivity contribution in [3.8, 4) is 0 Å². The van der Waals surface area contributed by atoms with Crippen LogP contribution < -0.4 is 5.32 Å². The Morgan fingerprint density at radius 3 is 2.54 bits per heavy atom. The number of aryl methyl sites for hydroxylation is 1. The molecule has 0 atom stereocenters. The van der Waals surface area contributed by atoms with Gasteiger partial charge < -0.3 is 10.1 Å². The van der Waals surface area contributed by atoms with Crippen molar-refractivity contribution in [2.45, 2.75) is 32.4 Å². The summed E-state index contributed by atoms with van der Waals surface area (Å²) in [6, 6.07) is 13.9. The van der Waals surface area contributed by atoms with Gasteiger partial charge in [-0.2, -0.15) is 0 Å². The number of hydrogen-bond acceptors (Lipinski definition) is 3. The molecule has 1 saturated heterocycles. The summed E-state index contributed by atoms with van der Waals surface area (Å²) >= 11 is 6.10. The zero-order valence-corrected chi connectivity index (χ0v) is 16.1. The van der Waals surface area contributed by atoms with E-state index in [2.05, 4.69) is 29.4 Å². The monoisotopic (exact) mass is 372 g/mol. The molecule has 0 aliphatic carbocycles. The minimum Gasteiger partial charge on any atom is -0.381 e. The Kier molecular flexibility index (Phi) is 6.30. The Balaban J connectivity index is 1.58. The number of nitrogens with one attached hydrogen (secondary N) is 1. The summed E-state index contributed by atoms with van der Waals surface area (Å²) in [7, 11) is 2.16. The van der Waals surface area contributed by atoms with Crippen molar-refractivity contribution in [3.63, 3.8) is 0 Å². The predicted molar refractivity (Wildman–Crippen MR) is 106 cm³/mol. The Morgan fingerprint density at radius 2 is 1.88 bits per heavy atom. The first-order valence-corrected chi connectivity index (χ1v) is 9.35. The maximum atomic E-state index is 12.4. The Labute approximate surface area is 160 Å². The van der Waals surface area contributed by atoms with Gasteiger partial charge in [0, 0.05) is 42.1 Å². The van der Waals surface area contributed by atoms with Crippen molar-refractivity contribution < 1.29 is 9.53 Å². The molecule has 5 heteroatoms. The molecule has 138 valence electrons. The Hall–Kier alpha value is -1.88. The average molecular weight is 373 g/mol. The van der Waals surface area contributed by atoms with E-state index in [0.717, 1.165) is 43.9 Å². The van der Waals surface area contributed by atoms with Gasteiger partial charge in [-0.1, -0.05) is 29.8 Å². The molecule has 0 radical (unpaired) electrons. The number of anilines is 1. The third-order valence-corrected chi connectivity index (χ3v) is 5.30. The fourth-order valence-corrected chi connectivity index (χ4v) is 3.35. The minimum atomic E-state index is -0.154. The van der Waals surface area contributed by atoms with Crippen molar-refractivity contribution >= 4 is 23.2 Å². The molecule has 2 aromatic rings. The van der Waals surface area contributed by atoms with Crippen molar-refractivity contribution in [3.05, 3.63) is 64.2 Å². The zero-order chi connectivity index (χ0) is 18.5. The molecule has 0 bridgehead atoms. The Bertz CT molecular complexity index is 755. The summed E-state index contributed by atoms with van der Waals surface area (Å²) in [4.78, 5) is 14.7. The molecule has 0 spiro atoms. The van der Waals surface area contributed by atoms with E-state index < -0.39 is 0 Å². The van der Waals surface area contributed by atoms with Crippen LogP contribution in [0, 0.1) is 6.92 Å². The van der Waals surface area contributed by atoms with Gasteiger partial charge in [-0.05, 0) is 62.2 Å². The first-order valence-electron chi connectivity index (χ1n) is 8.97. The number of carbonyl (C=O) groups is 1. The largest absolute Gasteiger partial charge is 0.381 e. The second kappa shape index (κ2) is 8.67. The number of hydrogen-bond donors (Lipinski definition) is 1. The third-order valence-electron chi connectivity index (χ3n) is 4.89. The van der Waals surface area contributed by atoms with E-state index in [0.29, 0.717) is 16.6 Å². The van der Waals surface area contributed by atoms with Crippen LogP contribution >= 0.6 is 11.6 Å². The Morgan fingerprint density at radius 1 is 1.19 bits per heavy atom. The van der Waals surface area contributed by atoms with E-state index in [1.807, 2.05) is 25.1 Å². The van der Waals surface area contributed by atoms with Crippen molar-refractivity contribution in [1.82, 2.24) is 4.90 Å². The van der Waals surface area contributed by atoms with Crippen LogP contribution in [0.4, 0.5) is 5.69 Å². The molecule has 0 unspecified atom stereocenters. The number of benzene rings is 2. The van der Waals surface area contributed by atoms with E-state index in [-0.39, 0.29) is 5.91 Å². The normalized spacial score (nSPS) is 15.2. The summed E-state index contributed by atoms with van der Waals surface area (Å²) in [5, 5.41) is 3.52. The number of nitrogens with zero attached hydrogens (tertiary/aromatic N) is 1. The molecule has 1 N–H and O–H groups in total. The summed E-state index contributed by atoms with van der Waals surface area (Å²) < 4.78 is 5.43. The number of ether oxygens (including phenoxy) is 1. The molecule has 1 fully saturated rings. The zero-order valence-electron chi connectivity index (χ0n) is 15.3. The van der Waals surface area contributed by atoms with E-state index in [4.69, 9.17) is 16.3 Å². The lowest BCUT2D eigenvalue weighted by Crippen LogP contribution is -2.36. The van der Waals surface area contributed by atoms with Gasteiger partial charge in [0.2, 0.25) is 0 Å². The van der Waals surface area contributed by atoms with E-state index >= 15 is 0 Å². The van der Waals surface area contributed by atoms with Gasteiger partial charge in [0.25, 0.3) is 5.91 Å². The summed E-state index contributed by atoms with van der Waals surface area (Å²) in [5.74, 6) is -0.154. The number of rotatable bonds is 5. The molecular weight excluding hydrogens is 348 g/mol. The minimum absolute atomic E-state index is 0.154. The molecule has 1 aliphatic rings. The molecule has 3 rings (SSSR count). The van der Waals surface area contributed by atoms with Crippen LogP contribution in [0.3, 0.4) is 0 Å². The maximum Gasteiger partial charge on any atom is 0.255 e. The van der Waals surface area contributed by atoms with Gasteiger partial charge in [-0.15, -0.1) is 0 Å². The van der Waals surface area contributed by atoms with Gasteiger partial charge in [0.15, 0.2) is 0 Å². The molecular formula is C21H25ClN2O2. The smallest absolute Gasteiger partial charge is 0.255 e. The topological polar surface area (TPSA) is 41.6 Å². The lowest BCUT2D eigenvalue weighted by Gasteiger charge is -2.31. The highest BCUT2D eigenvalue weighted by Gasteiger charge is 2.18. The van der Waals surface area contributed by atoms with Crippen molar-refractivity contribution in [1.29, 1.82) is 0 Å². The summed E-state index contributed by atoms with van der Waals surface area (Å²) in [6.45, 7) is 4.51. The highest BCUT2D eigenvalue weighted by Crippen LogP contribution is 2.19. The average Bonchev–Trinajstić information content (AvgIpc) is 2.66. The van der Waals surface area contributed by atoms with Gasteiger partial charge in [-0.25, -0.2) is 0 Å². The van der Waals surface area contributed by atoms with Crippen LogP contribution in [0.2, 0.25) is 5.02 Å². The molecule has 0 aromatic heterocycles. The number of carbonyl (C=O) groups excluding carboxylic acids is 1. The van der Waals surface area contributed by atoms with Crippen LogP contribution in [-0.2, 0) is 11.3 Å². The molecule has 1 aliphatic heterocycles. The SMILES string of the molecule is Cc1ccc(C(=O)Nc2ccc(CN(C)C3CCOCC3)cc2)cc1Cl. The molecule has 1 heterocycles. The first kappa shape index (κ1) is 18.9. The molecule has 1 amide bonds. The van der Waals surface area contributed by atoms with Crippen LogP contribution in [0.1, 0.15) is 34.3 Å². The lowest BCUT2D eigenvalue weighted by atomic mass is 10.1. The highest BCUT2D eigenvalue weighted by molar-refractivity contribution is 6.31. The van der Waals surface area contributed by atoms with E-state index in [9.17, 15) is 4.79 Å². The third kappa shape index (κ3) is 4.85. The predicted octanol–water partition coefficient (Wildman–Crippen LogP) is 4.51. The van der Waals surface area contributed by atoms with Gasteiger partial charge in [0.05, 0.1) is 0 Å². The van der Waals surface area contributed by atoms with Crippen LogP contribution in [0.25, 0.3) is 0 Å². The van der Waals surface area contributed by atoms with Crippen molar-refractivity contribution in [2.75, 3.05) is 25.6 Å². The highest BCUT2D eigenvalue weighted by atomic mass is 35.5. The second-order valence-electron chi connectivity index (χ2n) is 6.87. The van der Waals surface area contributed by atoms with Gasteiger partial charge >= 0.3 is 0 Å². The van der Waals surface area contributed by atoms with E-state index in [1.54, 1.807) is 12.1 Å². The number of amides is 1. The molecule has 2 aromatic carbocycles. The fraction of sp³-hybridized carbons (Fsp3) is 0.381.